The molecule has 1 aliphatic rings. The summed E-state index contributed by atoms with van der Waals surface area (Å²) in [6, 6.07) is 12.5. The second-order valence-corrected chi connectivity index (χ2v) is 8.10. The molecule has 1 aliphatic heterocycles. The largest absolute Gasteiger partial charge is 0.348 e. The van der Waals surface area contributed by atoms with E-state index >= 15 is 0 Å². The minimum atomic E-state index is -3.97. The highest BCUT2D eigenvalue weighted by atomic mass is 35.5. The van der Waals surface area contributed by atoms with Gasteiger partial charge in [0.05, 0.1) is 17.8 Å². The summed E-state index contributed by atoms with van der Waals surface area (Å²) in [4.78, 5) is 12.6. The first kappa shape index (κ1) is 20.0. The predicted molar refractivity (Wildman–Crippen MR) is 105 cm³/mol. The molecular formula is C19H17ClFN3O3S. The van der Waals surface area contributed by atoms with Crippen LogP contribution >= 0.6 is 11.6 Å². The number of nitrogens with zero attached hydrogens (tertiary/aromatic N) is 2. The molecule has 0 unspecified atom stereocenters. The first-order chi connectivity index (χ1) is 13.3. The van der Waals surface area contributed by atoms with Gasteiger partial charge in [0.2, 0.25) is 0 Å². The summed E-state index contributed by atoms with van der Waals surface area (Å²) in [7, 11) is -3.97. The molecule has 2 aromatic rings. The summed E-state index contributed by atoms with van der Waals surface area (Å²) in [5, 5.41) is 3.24. The lowest BCUT2D eigenvalue weighted by molar-refractivity contribution is -0.117. The van der Waals surface area contributed by atoms with Crippen LogP contribution in [0.2, 0.25) is 5.02 Å². The number of hydrogen-bond acceptors (Lipinski definition) is 3. The maximum absolute atomic E-state index is 13.1. The molecule has 0 saturated heterocycles. The zero-order chi connectivity index (χ0) is 20.3. The molecule has 0 spiro atoms. The van der Waals surface area contributed by atoms with Gasteiger partial charge in [0.15, 0.2) is 0 Å². The molecule has 146 valence electrons. The number of carbonyl (C=O) groups is 1. The van der Waals surface area contributed by atoms with E-state index in [4.69, 9.17) is 11.6 Å². The Morgan fingerprint density at radius 1 is 1.18 bits per heavy atom. The van der Waals surface area contributed by atoms with Crippen molar-refractivity contribution in [2.75, 3.05) is 0 Å². The van der Waals surface area contributed by atoms with E-state index in [2.05, 4.69) is 9.71 Å². The van der Waals surface area contributed by atoms with Gasteiger partial charge in [0, 0.05) is 17.8 Å². The molecular weight excluding hydrogens is 405 g/mol. The normalized spacial score (nSPS) is 15.6. The van der Waals surface area contributed by atoms with Crippen LogP contribution in [0.25, 0.3) is 0 Å². The summed E-state index contributed by atoms with van der Waals surface area (Å²) in [5.74, 6) is -0.894. The standard InChI is InChI=1S/C19H17ClFN3O3S/c1-13-17(19(25)22-10-15-4-2-3-5-18(15)20)12-24(28(26,27)23-13)11-14-6-8-16(21)9-7-14/h2-9,12H,10-11H2,1H3,(H,22,25). The van der Waals surface area contributed by atoms with Crippen LogP contribution in [0.1, 0.15) is 18.1 Å². The summed E-state index contributed by atoms with van der Waals surface area (Å²) in [6.45, 7) is 1.57. The zero-order valence-corrected chi connectivity index (χ0v) is 16.5. The molecule has 0 fully saturated rings. The number of benzene rings is 2. The molecule has 2 aromatic carbocycles. The van der Waals surface area contributed by atoms with Crippen LogP contribution in [-0.4, -0.2) is 24.3 Å². The third kappa shape index (κ3) is 4.58. The van der Waals surface area contributed by atoms with E-state index in [0.29, 0.717) is 10.6 Å². The second-order valence-electron chi connectivity index (χ2n) is 6.14. The molecule has 1 heterocycles. The van der Waals surface area contributed by atoms with Gasteiger partial charge in [-0.1, -0.05) is 41.9 Å². The van der Waals surface area contributed by atoms with Crippen LogP contribution in [0.3, 0.4) is 0 Å². The number of halogens is 2. The highest BCUT2D eigenvalue weighted by molar-refractivity contribution is 7.88. The highest BCUT2D eigenvalue weighted by Gasteiger charge is 2.28. The van der Waals surface area contributed by atoms with Gasteiger partial charge in [-0.25, -0.2) is 4.39 Å². The van der Waals surface area contributed by atoms with Gasteiger partial charge in [-0.05, 0) is 36.2 Å². The number of hydrogen-bond donors (Lipinski definition) is 1. The number of amides is 1. The van der Waals surface area contributed by atoms with Crippen LogP contribution in [0.5, 0.6) is 0 Å². The van der Waals surface area contributed by atoms with Gasteiger partial charge in [0.1, 0.15) is 5.82 Å². The van der Waals surface area contributed by atoms with Gasteiger partial charge >= 0.3 is 10.2 Å². The van der Waals surface area contributed by atoms with Crippen LogP contribution in [0, 0.1) is 5.82 Å². The first-order valence-corrected chi connectivity index (χ1v) is 10.1. The summed E-state index contributed by atoms with van der Waals surface area (Å²) in [5.41, 5.74) is 1.52. The molecule has 1 N–H and O–H groups in total. The Hall–Kier alpha value is -2.71. The van der Waals surface area contributed by atoms with Crippen LogP contribution in [-0.2, 0) is 28.1 Å². The van der Waals surface area contributed by atoms with Crippen LogP contribution in [0.15, 0.2) is 64.7 Å². The Labute approximate surface area is 167 Å². The average molecular weight is 422 g/mol. The Morgan fingerprint density at radius 3 is 2.54 bits per heavy atom. The Balaban J connectivity index is 1.79. The summed E-state index contributed by atoms with van der Waals surface area (Å²) >= 11 is 6.08. The Morgan fingerprint density at radius 2 is 1.86 bits per heavy atom. The van der Waals surface area contributed by atoms with Crippen molar-refractivity contribution in [1.82, 2.24) is 9.62 Å². The number of carbonyl (C=O) groups excluding carboxylic acids is 1. The van der Waals surface area contributed by atoms with Crippen LogP contribution < -0.4 is 5.32 Å². The fourth-order valence-electron chi connectivity index (χ4n) is 2.61. The molecule has 0 aromatic heterocycles. The van der Waals surface area contributed by atoms with Gasteiger partial charge in [-0.3, -0.25) is 9.10 Å². The van der Waals surface area contributed by atoms with E-state index in [1.807, 2.05) is 0 Å². The lowest BCUT2D eigenvalue weighted by Gasteiger charge is -2.23. The molecule has 0 bridgehead atoms. The molecule has 0 aliphatic carbocycles. The molecule has 1 amide bonds. The first-order valence-electron chi connectivity index (χ1n) is 8.33. The molecule has 3 rings (SSSR count). The van der Waals surface area contributed by atoms with E-state index in [-0.39, 0.29) is 24.4 Å². The topological polar surface area (TPSA) is 78.8 Å². The maximum Gasteiger partial charge on any atom is 0.344 e. The van der Waals surface area contributed by atoms with Gasteiger partial charge in [0.25, 0.3) is 5.91 Å². The quantitative estimate of drug-likeness (QED) is 0.805. The molecule has 9 heteroatoms. The highest BCUT2D eigenvalue weighted by Crippen LogP contribution is 2.20. The molecule has 0 radical (unpaired) electrons. The van der Waals surface area contributed by atoms with Crippen molar-refractivity contribution in [2.45, 2.75) is 20.0 Å². The van der Waals surface area contributed by atoms with Crippen molar-refractivity contribution in [2.24, 2.45) is 4.40 Å². The fraction of sp³-hybridized carbons (Fsp3) is 0.158. The molecule has 0 saturated carbocycles. The van der Waals surface area contributed by atoms with E-state index in [1.165, 1.54) is 37.4 Å². The Bertz CT molecular complexity index is 1070. The van der Waals surface area contributed by atoms with Crippen molar-refractivity contribution in [3.63, 3.8) is 0 Å². The van der Waals surface area contributed by atoms with E-state index < -0.39 is 21.9 Å². The van der Waals surface area contributed by atoms with Gasteiger partial charge in [-0.2, -0.15) is 8.42 Å². The molecule has 28 heavy (non-hydrogen) atoms. The molecule has 6 nitrogen and oxygen atoms in total. The lowest BCUT2D eigenvalue weighted by atomic mass is 10.1. The third-order valence-corrected chi connectivity index (χ3v) is 5.81. The van der Waals surface area contributed by atoms with E-state index in [0.717, 1.165) is 9.87 Å². The molecule has 0 atom stereocenters. The van der Waals surface area contributed by atoms with Gasteiger partial charge in [-0.15, -0.1) is 4.40 Å². The van der Waals surface area contributed by atoms with Gasteiger partial charge < -0.3 is 5.32 Å². The average Bonchev–Trinajstić information content (AvgIpc) is 2.64. The zero-order valence-electron chi connectivity index (χ0n) is 14.9. The monoisotopic (exact) mass is 421 g/mol. The van der Waals surface area contributed by atoms with Crippen molar-refractivity contribution in [1.29, 1.82) is 0 Å². The van der Waals surface area contributed by atoms with E-state index in [9.17, 15) is 17.6 Å². The third-order valence-electron chi connectivity index (χ3n) is 4.11. The fourth-order valence-corrected chi connectivity index (χ4v) is 3.91. The Kier molecular flexibility index (Phi) is 5.81. The maximum atomic E-state index is 13.1. The number of rotatable bonds is 5. The predicted octanol–water partition coefficient (Wildman–Crippen LogP) is 3.20. The van der Waals surface area contributed by atoms with Crippen LogP contribution in [0.4, 0.5) is 4.39 Å². The van der Waals surface area contributed by atoms with Crippen molar-refractivity contribution in [3.8, 4) is 0 Å². The second kappa shape index (κ2) is 8.12. The summed E-state index contributed by atoms with van der Waals surface area (Å²) in [6.07, 6.45) is 1.24. The SMILES string of the molecule is CC1=NS(=O)(=O)N(Cc2ccc(F)cc2)C=C1C(=O)NCc1ccccc1Cl. The minimum Gasteiger partial charge on any atom is -0.348 e. The smallest absolute Gasteiger partial charge is 0.344 e. The van der Waals surface area contributed by atoms with Crippen molar-refractivity contribution >= 4 is 33.4 Å². The minimum absolute atomic E-state index is 0.0688. The number of nitrogens with one attached hydrogen (secondary N) is 1. The van der Waals surface area contributed by atoms with E-state index in [1.54, 1.807) is 24.3 Å². The summed E-state index contributed by atoms with van der Waals surface area (Å²) < 4.78 is 42.3. The van der Waals surface area contributed by atoms with Crippen molar-refractivity contribution in [3.05, 3.63) is 82.3 Å². The lowest BCUT2D eigenvalue weighted by Crippen LogP contribution is -2.35. The van der Waals surface area contributed by atoms with Crippen molar-refractivity contribution < 1.29 is 17.6 Å².